The van der Waals surface area contributed by atoms with E-state index in [-0.39, 0.29) is 58.8 Å². The summed E-state index contributed by atoms with van der Waals surface area (Å²) >= 11 is 0. The van der Waals surface area contributed by atoms with Crippen molar-refractivity contribution in [3.05, 3.63) is 6.04 Å². The van der Waals surface area contributed by atoms with E-state index in [9.17, 15) is 19.5 Å². The van der Waals surface area contributed by atoms with E-state index in [1.165, 1.54) is 6.04 Å². The number of hydrogen-bond acceptors (Lipinski definition) is 11. The molecule has 2 unspecified atom stereocenters. The van der Waals surface area contributed by atoms with Gasteiger partial charge in [-0.1, -0.05) is 34.6 Å². The molecule has 0 bridgehead atoms. The maximum absolute atomic E-state index is 11.6. The fourth-order valence-corrected chi connectivity index (χ4v) is 2.10. The Balaban J connectivity index is -0.00000103. The first-order chi connectivity index (χ1) is 17.2. The Morgan fingerprint density at radius 3 is 1.81 bits per heavy atom. The Labute approximate surface area is 248 Å². The fourth-order valence-electron chi connectivity index (χ4n) is 2.10. The zero-order chi connectivity index (χ0) is 28.4. The fraction of sp³-hybridized carbons (Fsp3) is 0.833. The van der Waals surface area contributed by atoms with Crippen LogP contribution in [-0.2, 0) is 56.5 Å². The quantitative estimate of drug-likeness (QED) is 0.0844. The predicted octanol–water partition coefficient (Wildman–Crippen LogP) is 0.826. The van der Waals surface area contributed by atoms with Crippen LogP contribution in [0.4, 0.5) is 4.79 Å². The third-order valence-corrected chi connectivity index (χ3v) is 4.24. The average molecular weight is 614 g/mol. The van der Waals surface area contributed by atoms with E-state index in [1.807, 2.05) is 41.7 Å². The number of alkyl carbamates (subject to hydrolysis) is 1. The number of amides is 1. The smallest absolute Gasteiger partial charge is 0.407 e. The molecule has 13 heteroatoms. The van der Waals surface area contributed by atoms with Crippen LogP contribution in [-0.4, -0.2) is 110 Å². The van der Waals surface area contributed by atoms with Crippen LogP contribution in [0.5, 0.6) is 0 Å². The van der Waals surface area contributed by atoms with Crippen molar-refractivity contribution in [2.24, 2.45) is 0 Å². The molecule has 0 aliphatic rings. The normalized spacial score (nSPS) is 11.6. The molecular weight excluding hydrogens is 563 g/mol. The third-order valence-electron chi connectivity index (χ3n) is 4.24. The van der Waals surface area contributed by atoms with Crippen molar-refractivity contribution in [1.82, 2.24) is 15.5 Å². The van der Waals surface area contributed by atoms with E-state index < -0.39 is 43.5 Å². The minimum atomic E-state index is -1.21. The second-order valence-corrected chi connectivity index (χ2v) is 7.25. The van der Waals surface area contributed by atoms with Crippen molar-refractivity contribution in [3.8, 4) is 0 Å². The van der Waals surface area contributed by atoms with Crippen LogP contribution in [0, 0.1) is 6.04 Å². The number of nitrogens with zero attached hydrogens (tertiary/aromatic N) is 1. The molecule has 0 spiro atoms. The van der Waals surface area contributed by atoms with Crippen LogP contribution in [0.25, 0.3) is 0 Å². The summed E-state index contributed by atoms with van der Waals surface area (Å²) in [5, 5.41) is 33.3. The second kappa shape index (κ2) is 31.3. The zero-order valence-electron chi connectivity index (χ0n) is 23.7. The number of nitrogens with one attached hydrogen (secondary N) is 2. The van der Waals surface area contributed by atoms with Gasteiger partial charge in [-0.25, -0.2) is 4.79 Å². The molecule has 2 atom stereocenters. The standard InChI is InChI=1S/C20H38N3O9.2C2H6.Y/c1-4-15(2)21-7-9-23(3)10-8-22-20(29)32-14-17(26)13-31-19(28)6-5-18(27)30-12-16(25)11-24;2*1-2;/h16-17,21,24-26H,4-14H2,1-3H3,(H,22,29);2*1-2H3;/q-1;;;. The van der Waals surface area contributed by atoms with E-state index in [2.05, 4.69) is 27.2 Å². The first-order valence-corrected chi connectivity index (χ1v) is 12.6. The Morgan fingerprint density at radius 2 is 1.32 bits per heavy atom. The van der Waals surface area contributed by atoms with Crippen LogP contribution in [0.2, 0.25) is 0 Å². The molecule has 1 amide bonds. The Morgan fingerprint density at radius 1 is 0.865 bits per heavy atom. The molecule has 0 fully saturated rings. The number of esters is 2. The van der Waals surface area contributed by atoms with Gasteiger partial charge in [0.1, 0.15) is 32.0 Å². The first kappa shape index (κ1) is 43.2. The van der Waals surface area contributed by atoms with Crippen molar-refractivity contribution < 1.29 is 76.6 Å². The molecule has 219 valence electrons. The maximum Gasteiger partial charge on any atom is 0.407 e. The van der Waals surface area contributed by atoms with Crippen LogP contribution >= 0.6 is 0 Å². The molecule has 0 heterocycles. The topological polar surface area (TPSA) is 167 Å². The number of carbonyl (C=O) groups excluding carboxylic acids is 3. The molecular formula is C24H50N3O9Y-. The summed E-state index contributed by atoms with van der Waals surface area (Å²) < 4.78 is 14.3. The van der Waals surface area contributed by atoms with Gasteiger partial charge in [0.05, 0.1) is 19.4 Å². The van der Waals surface area contributed by atoms with Gasteiger partial charge < -0.3 is 45.1 Å². The van der Waals surface area contributed by atoms with E-state index in [0.29, 0.717) is 13.1 Å². The molecule has 37 heavy (non-hydrogen) atoms. The predicted molar refractivity (Wildman–Crippen MR) is 137 cm³/mol. The molecule has 0 aliphatic heterocycles. The summed E-state index contributed by atoms with van der Waals surface area (Å²) in [6, 6.07) is 1.22. The number of likely N-dealkylation sites (N-methyl/N-ethyl adjacent to an activating group) is 1. The summed E-state index contributed by atoms with van der Waals surface area (Å²) in [5.74, 6) is -1.47. The molecule has 0 aromatic heterocycles. The molecule has 1 radical (unpaired) electrons. The minimum absolute atomic E-state index is 0. The van der Waals surface area contributed by atoms with E-state index in [4.69, 9.17) is 19.7 Å². The van der Waals surface area contributed by atoms with Gasteiger partial charge in [0.15, 0.2) is 0 Å². The Bertz CT molecular complexity index is 546. The maximum atomic E-state index is 11.6. The molecule has 12 nitrogen and oxygen atoms in total. The largest absolute Gasteiger partial charge is 0.466 e. The number of carbonyl (C=O) groups is 3. The molecule has 0 aromatic rings. The molecule has 0 saturated carbocycles. The van der Waals surface area contributed by atoms with Crippen molar-refractivity contribution in [2.75, 3.05) is 59.7 Å². The summed E-state index contributed by atoms with van der Waals surface area (Å²) in [6.07, 6.45) is -2.63. The van der Waals surface area contributed by atoms with Crippen molar-refractivity contribution in [1.29, 1.82) is 0 Å². The van der Waals surface area contributed by atoms with E-state index in [0.717, 1.165) is 19.5 Å². The average Bonchev–Trinajstić information content (AvgIpc) is 2.90. The van der Waals surface area contributed by atoms with Crippen molar-refractivity contribution in [3.63, 3.8) is 0 Å². The first-order valence-electron chi connectivity index (χ1n) is 12.6. The Hall–Kier alpha value is -0.886. The molecule has 0 aromatic carbocycles. The Kier molecular flexibility index (Phi) is 36.6. The van der Waals surface area contributed by atoms with Gasteiger partial charge in [0.2, 0.25) is 0 Å². The van der Waals surface area contributed by atoms with Crippen molar-refractivity contribution >= 4 is 18.0 Å². The van der Waals surface area contributed by atoms with E-state index >= 15 is 0 Å². The molecule has 5 N–H and O–H groups in total. The van der Waals surface area contributed by atoms with Crippen LogP contribution in [0.3, 0.4) is 0 Å². The van der Waals surface area contributed by atoms with Gasteiger partial charge in [0, 0.05) is 52.3 Å². The number of aliphatic hydroxyl groups excluding tert-OH is 3. The summed E-state index contributed by atoms with van der Waals surface area (Å²) in [6.45, 7) is 13.1. The monoisotopic (exact) mass is 613 g/mol. The third kappa shape index (κ3) is 31.2. The second-order valence-electron chi connectivity index (χ2n) is 7.25. The van der Waals surface area contributed by atoms with Crippen LogP contribution in [0.1, 0.15) is 60.8 Å². The molecule has 0 saturated heterocycles. The van der Waals surface area contributed by atoms with Gasteiger partial charge in [0.25, 0.3) is 0 Å². The van der Waals surface area contributed by atoms with Crippen LogP contribution < -0.4 is 10.6 Å². The number of aliphatic hydroxyl groups is 3. The van der Waals surface area contributed by atoms with Gasteiger partial charge in [-0.15, -0.1) is 0 Å². The van der Waals surface area contributed by atoms with Crippen molar-refractivity contribution in [2.45, 2.75) is 73.0 Å². The number of ether oxygens (including phenoxy) is 3. The minimum Gasteiger partial charge on any atom is -0.466 e. The molecule has 0 rings (SSSR count). The number of hydrogen-bond donors (Lipinski definition) is 5. The molecule has 0 aliphatic carbocycles. The van der Waals surface area contributed by atoms with Crippen LogP contribution in [0.15, 0.2) is 0 Å². The summed E-state index contributed by atoms with van der Waals surface area (Å²) in [4.78, 5) is 36.6. The SMILES string of the molecule is CC.CC.CC[C-](C)NCCN(C)CCNC(=O)OCC(O)COC(=O)CCC(=O)OCC(O)CO.[Y]. The zero-order valence-corrected chi connectivity index (χ0v) is 26.6. The summed E-state index contributed by atoms with van der Waals surface area (Å²) in [5.41, 5.74) is 0. The van der Waals surface area contributed by atoms with Gasteiger partial charge in [-0.2, -0.15) is 13.3 Å². The van der Waals surface area contributed by atoms with Gasteiger partial charge >= 0.3 is 18.0 Å². The van der Waals surface area contributed by atoms with Gasteiger partial charge in [-0.05, 0) is 13.6 Å². The summed E-state index contributed by atoms with van der Waals surface area (Å²) in [7, 11) is 1.94. The van der Waals surface area contributed by atoms with Gasteiger partial charge in [-0.3, -0.25) is 15.6 Å². The van der Waals surface area contributed by atoms with E-state index in [1.54, 1.807) is 0 Å². The number of rotatable bonds is 18.